The van der Waals surface area contributed by atoms with Gasteiger partial charge < -0.3 is 0 Å². The quantitative estimate of drug-likeness (QED) is 0.431. The second kappa shape index (κ2) is 5.59. The van der Waals surface area contributed by atoms with Crippen molar-refractivity contribution in [2.75, 3.05) is 0 Å². The fourth-order valence-electron chi connectivity index (χ4n) is 0.780. The van der Waals surface area contributed by atoms with Crippen molar-refractivity contribution < 1.29 is 23.1 Å². The van der Waals surface area contributed by atoms with Crippen LogP contribution in [0.2, 0.25) is 0 Å². The molecule has 0 saturated heterocycles. The van der Waals surface area contributed by atoms with Gasteiger partial charge in [-0.15, -0.1) is 10.8 Å². The van der Waals surface area contributed by atoms with Crippen LogP contribution in [0.15, 0.2) is 35.2 Å². The third kappa shape index (κ3) is 3.14. The Balaban J connectivity index is 0.00000121. The van der Waals surface area contributed by atoms with Gasteiger partial charge >= 0.3 is 18.9 Å². The van der Waals surface area contributed by atoms with E-state index in [9.17, 15) is 4.21 Å². The van der Waals surface area contributed by atoms with Gasteiger partial charge in [-0.1, -0.05) is 18.2 Å². The van der Waals surface area contributed by atoms with Gasteiger partial charge in [0.05, 0.1) is 0 Å². The minimum Gasteiger partial charge on any atom is -0.289 e. The van der Waals surface area contributed by atoms with E-state index in [0.29, 0.717) is 0 Å². The second-order valence-corrected chi connectivity index (χ2v) is 4.32. The smallest absolute Gasteiger partial charge is 0.289 e. The molecule has 0 aromatic heterocycles. The molecule has 0 N–H and O–H groups in total. The Hall–Kier alpha value is -0.0326. The minimum atomic E-state index is -0.918. The first-order valence-corrected chi connectivity index (χ1v) is 4.64. The molecule has 0 heterocycles. The minimum absolute atomic E-state index is 0. The van der Waals surface area contributed by atoms with Crippen molar-refractivity contribution in [1.82, 2.24) is 0 Å². The Morgan fingerprint density at radius 2 is 1.67 bits per heavy atom. The molecular weight excluding hydrogens is 163 g/mol. The SMILES string of the molecule is C[C-](C)S(=O)c1ccccc1.[Li+]. The average molecular weight is 174 g/mol. The van der Waals surface area contributed by atoms with Crippen LogP contribution in [0, 0.1) is 5.25 Å². The summed E-state index contributed by atoms with van der Waals surface area (Å²) in [5, 5.41) is 0.941. The predicted molar refractivity (Wildman–Crippen MR) is 47.4 cm³/mol. The fraction of sp³-hybridized carbons (Fsp3) is 0.222. The zero-order valence-corrected chi connectivity index (χ0v) is 8.52. The Morgan fingerprint density at radius 3 is 2.08 bits per heavy atom. The molecule has 0 spiro atoms. The summed E-state index contributed by atoms with van der Waals surface area (Å²) < 4.78 is 11.4. The Morgan fingerprint density at radius 1 is 1.17 bits per heavy atom. The van der Waals surface area contributed by atoms with Gasteiger partial charge in [-0.3, -0.25) is 4.21 Å². The molecule has 60 valence electrons. The van der Waals surface area contributed by atoms with Crippen molar-refractivity contribution in [3.63, 3.8) is 0 Å². The topological polar surface area (TPSA) is 17.1 Å². The zero-order valence-electron chi connectivity index (χ0n) is 7.70. The van der Waals surface area contributed by atoms with Crippen LogP contribution in [-0.4, -0.2) is 4.21 Å². The largest absolute Gasteiger partial charge is 1.00 e. The van der Waals surface area contributed by atoms with Gasteiger partial charge in [0.15, 0.2) is 0 Å². The van der Waals surface area contributed by atoms with Gasteiger partial charge in [-0.25, -0.2) is 5.25 Å². The van der Waals surface area contributed by atoms with E-state index >= 15 is 0 Å². The third-order valence-corrected chi connectivity index (χ3v) is 2.77. The molecule has 1 nitrogen and oxygen atoms in total. The summed E-state index contributed by atoms with van der Waals surface area (Å²) in [6.07, 6.45) is 0. The summed E-state index contributed by atoms with van der Waals surface area (Å²) in [6, 6.07) is 9.48. The molecule has 0 aliphatic carbocycles. The van der Waals surface area contributed by atoms with Crippen molar-refractivity contribution in [1.29, 1.82) is 0 Å². The number of rotatable bonds is 2. The van der Waals surface area contributed by atoms with Gasteiger partial charge in [0.25, 0.3) is 0 Å². The standard InChI is InChI=1S/C9H11OS.Li/c1-8(2)11(10)9-6-4-3-5-7-9;/h3-7H,1-2H3;/q-1;+1. The van der Waals surface area contributed by atoms with Crippen LogP contribution in [0.5, 0.6) is 0 Å². The first-order valence-electron chi connectivity index (χ1n) is 3.49. The summed E-state index contributed by atoms with van der Waals surface area (Å²) in [5.74, 6) is 0. The predicted octanol–water partition coefficient (Wildman–Crippen LogP) is -0.630. The Labute approximate surface area is 88.2 Å². The summed E-state index contributed by atoms with van der Waals surface area (Å²) in [5.41, 5.74) is 0. The van der Waals surface area contributed by atoms with Crippen LogP contribution in [0.25, 0.3) is 0 Å². The number of benzene rings is 1. The molecule has 0 bridgehead atoms. The number of hydrogen-bond acceptors (Lipinski definition) is 1. The molecule has 1 rings (SSSR count). The molecule has 0 saturated carbocycles. The van der Waals surface area contributed by atoms with Crippen molar-refractivity contribution in [3.8, 4) is 0 Å². The Bertz CT molecular complexity index is 246. The zero-order chi connectivity index (χ0) is 8.27. The van der Waals surface area contributed by atoms with Gasteiger partial charge in [-0.05, 0) is 12.1 Å². The first kappa shape index (κ1) is 12.0. The van der Waals surface area contributed by atoms with Crippen LogP contribution in [0.1, 0.15) is 13.8 Å². The van der Waals surface area contributed by atoms with Crippen LogP contribution >= 0.6 is 0 Å². The molecule has 12 heavy (non-hydrogen) atoms. The first-order chi connectivity index (χ1) is 5.22. The maximum absolute atomic E-state index is 11.4. The van der Waals surface area contributed by atoms with Gasteiger partial charge in [0.2, 0.25) is 0 Å². The molecule has 0 aliphatic rings. The molecule has 1 atom stereocenters. The Kier molecular flexibility index (Phi) is 5.57. The molecule has 1 aromatic rings. The van der Waals surface area contributed by atoms with E-state index < -0.39 is 10.8 Å². The number of hydrogen-bond donors (Lipinski definition) is 0. The van der Waals surface area contributed by atoms with E-state index in [1.165, 1.54) is 0 Å². The van der Waals surface area contributed by atoms with Crippen LogP contribution in [-0.2, 0) is 10.8 Å². The van der Waals surface area contributed by atoms with E-state index in [1.54, 1.807) is 0 Å². The molecule has 1 aromatic carbocycles. The maximum Gasteiger partial charge on any atom is 1.00 e. The maximum atomic E-state index is 11.4. The summed E-state index contributed by atoms with van der Waals surface area (Å²) in [7, 11) is -0.918. The molecular formula is C9H11LiOS. The van der Waals surface area contributed by atoms with Crippen LogP contribution in [0.4, 0.5) is 0 Å². The van der Waals surface area contributed by atoms with Gasteiger partial charge in [-0.2, -0.15) is 13.8 Å². The van der Waals surface area contributed by atoms with Crippen LogP contribution in [0.3, 0.4) is 0 Å². The third-order valence-electron chi connectivity index (χ3n) is 1.33. The summed E-state index contributed by atoms with van der Waals surface area (Å²) in [4.78, 5) is 0.882. The van der Waals surface area contributed by atoms with Crippen LogP contribution < -0.4 is 18.9 Å². The van der Waals surface area contributed by atoms with E-state index in [1.807, 2.05) is 44.2 Å². The monoisotopic (exact) mass is 174 g/mol. The van der Waals surface area contributed by atoms with E-state index in [0.717, 1.165) is 10.1 Å². The van der Waals surface area contributed by atoms with Crippen molar-refractivity contribution in [2.45, 2.75) is 18.7 Å². The molecule has 3 heteroatoms. The van der Waals surface area contributed by atoms with E-state index in [-0.39, 0.29) is 18.9 Å². The van der Waals surface area contributed by atoms with E-state index in [2.05, 4.69) is 0 Å². The normalized spacial score (nSPS) is 12.2. The molecule has 1 unspecified atom stereocenters. The second-order valence-electron chi connectivity index (χ2n) is 2.49. The van der Waals surface area contributed by atoms with Crippen molar-refractivity contribution >= 4 is 10.8 Å². The van der Waals surface area contributed by atoms with Gasteiger partial charge in [0.1, 0.15) is 0 Å². The molecule has 0 aliphatic heterocycles. The molecule has 0 radical (unpaired) electrons. The molecule has 0 amide bonds. The van der Waals surface area contributed by atoms with E-state index in [4.69, 9.17) is 0 Å². The van der Waals surface area contributed by atoms with Gasteiger partial charge in [0, 0.05) is 4.90 Å². The van der Waals surface area contributed by atoms with Crippen molar-refractivity contribution in [3.05, 3.63) is 35.6 Å². The molecule has 0 fully saturated rings. The fourth-order valence-corrected chi connectivity index (χ4v) is 1.66. The summed E-state index contributed by atoms with van der Waals surface area (Å²) in [6.45, 7) is 3.76. The van der Waals surface area contributed by atoms with Crippen molar-refractivity contribution in [2.24, 2.45) is 0 Å². The summed E-state index contributed by atoms with van der Waals surface area (Å²) >= 11 is 0. The average Bonchev–Trinajstić information content (AvgIpc) is 2.05.